The molecule has 0 saturated heterocycles. The van der Waals surface area contributed by atoms with Gasteiger partial charge in [0.1, 0.15) is 0 Å². The Morgan fingerprint density at radius 1 is 1.50 bits per heavy atom. The highest BCUT2D eigenvalue weighted by Gasteiger charge is 2.08. The van der Waals surface area contributed by atoms with Crippen LogP contribution in [0.4, 0.5) is 5.13 Å². The maximum Gasteiger partial charge on any atom is 0.275 e. The summed E-state index contributed by atoms with van der Waals surface area (Å²) in [6.07, 6.45) is 4.12. The Labute approximate surface area is 121 Å². The molecule has 0 aliphatic rings. The summed E-state index contributed by atoms with van der Waals surface area (Å²) in [4.78, 5) is 17.0. The predicted octanol–water partition coefficient (Wildman–Crippen LogP) is 2.21. The molecule has 2 rings (SSSR count). The maximum atomic E-state index is 11.9. The lowest BCUT2D eigenvalue weighted by molar-refractivity contribution is 0.779. The monoisotopic (exact) mass is 291 g/mol. The number of rotatable bonds is 7. The first kappa shape index (κ1) is 14.5. The minimum Gasteiger partial charge on any atom is -0.360 e. The first-order valence-corrected chi connectivity index (χ1v) is 7.57. The van der Waals surface area contributed by atoms with Crippen molar-refractivity contribution in [2.24, 2.45) is 0 Å². The van der Waals surface area contributed by atoms with Gasteiger partial charge in [0.2, 0.25) is 10.1 Å². The van der Waals surface area contributed by atoms with Crippen LogP contribution >= 0.6 is 11.3 Å². The van der Waals surface area contributed by atoms with Gasteiger partial charge < -0.3 is 5.32 Å². The number of nitrogens with one attached hydrogen (secondary N) is 1. The Bertz CT molecular complexity index is 669. The first-order valence-electron chi connectivity index (χ1n) is 6.75. The molecular formula is C13H17N5OS. The smallest absolute Gasteiger partial charge is 0.275 e. The average Bonchev–Trinajstić information content (AvgIpc) is 2.82. The van der Waals surface area contributed by atoms with Gasteiger partial charge in [-0.1, -0.05) is 24.7 Å². The van der Waals surface area contributed by atoms with E-state index in [9.17, 15) is 4.79 Å². The molecule has 7 heteroatoms. The van der Waals surface area contributed by atoms with Gasteiger partial charge in [-0.15, -0.1) is 5.10 Å². The van der Waals surface area contributed by atoms with Gasteiger partial charge in [-0.2, -0.15) is 9.78 Å². The number of fused-ring (bicyclic) bond motifs is 1. The molecule has 0 aromatic carbocycles. The highest BCUT2D eigenvalue weighted by molar-refractivity contribution is 7.20. The summed E-state index contributed by atoms with van der Waals surface area (Å²) >= 11 is 1.38. The summed E-state index contributed by atoms with van der Waals surface area (Å²) in [6, 6.07) is 3.67. The fourth-order valence-electron chi connectivity index (χ4n) is 1.84. The largest absolute Gasteiger partial charge is 0.360 e. The average molecular weight is 291 g/mol. The van der Waals surface area contributed by atoms with Crippen LogP contribution in [0.5, 0.6) is 0 Å². The number of nitrogens with zero attached hydrogens (tertiary/aromatic N) is 4. The molecule has 2 heterocycles. The van der Waals surface area contributed by atoms with Gasteiger partial charge in [0.25, 0.3) is 5.56 Å². The summed E-state index contributed by atoms with van der Waals surface area (Å²) in [5, 5.41) is 16.5. The third-order valence-corrected chi connectivity index (χ3v) is 3.66. The first-order chi connectivity index (χ1) is 9.74. The topological polar surface area (TPSA) is 83.1 Å². The highest BCUT2D eigenvalue weighted by Crippen LogP contribution is 2.16. The molecule has 0 fully saturated rings. The number of aryl methyl sites for hydroxylation is 1. The van der Waals surface area contributed by atoms with Crippen molar-refractivity contribution in [1.82, 2.24) is 14.6 Å². The molecule has 0 amide bonds. The predicted molar refractivity (Wildman–Crippen MR) is 79.1 cm³/mol. The highest BCUT2D eigenvalue weighted by atomic mass is 32.1. The van der Waals surface area contributed by atoms with Crippen LogP contribution in [0.1, 0.15) is 38.3 Å². The van der Waals surface area contributed by atoms with Gasteiger partial charge in [0.15, 0.2) is 0 Å². The second-order valence-electron chi connectivity index (χ2n) is 4.48. The van der Waals surface area contributed by atoms with Crippen LogP contribution in [-0.4, -0.2) is 21.1 Å². The summed E-state index contributed by atoms with van der Waals surface area (Å²) in [7, 11) is 0. The zero-order valence-corrected chi connectivity index (χ0v) is 12.2. The zero-order chi connectivity index (χ0) is 14.4. The summed E-state index contributed by atoms with van der Waals surface area (Å²) in [5.74, 6) is 0. The molecule has 0 unspecified atom stereocenters. The summed E-state index contributed by atoms with van der Waals surface area (Å²) in [5.41, 5.74) is 0.689. The van der Waals surface area contributed by atoms with Gasteiger partial charge in [-0.05, 0) is 19.3 Å². The van der Waals surface area contributed by atoms with Crippen molar-refractivity contribution < 1.29 is 0 Å². The van der Waals surface area contributed by atoms with E-state index in [0.717, 1.165) is 37.9 Å². The molecule has 106 valence electrons. The second-order valence-corrected chi connectivity index (χ2v) is 5.44. The number of unbranched alkanes of at least 4 members (excludes halogenated alkanes) is 2. The van der Waals surface area contributed by atoms with E-state index in [-0.39, 0.29) is 5.56 Å². The van der Waals surface area contributed by atoms with E-state index in [2.05, 4.69) is 28.4 Å². The van der Waals surface area contributed by atoms with E-state index in [4.69, 9.17) is 5.26 Å². The van der Waals surface area contributed by atoms with Crippen LogP contribution in [0.25, 0.3) is 4.96 Å². The maximum absolute atomic E-state index is 11.9. The van der Waals surface area contributed by atoms with E-state index < -0.39 is 0 Å². The summed E-state index contributed by atoms with van der Waals surface area (Å²) in [6.45, 7) is 2.81. The molecule has 0 aliphatic carbocycles. The zero-order valence-electron chi connectivity index (χ0n) is 11.4. The molecular weight excluding hydrogens is 274 g/mol. The van der Waals surface area contributed by atoms with E-state index in [1.807, 2.05) is 0 Å². The van der Waals surface area contributed by atoms with Crippen molar-refractivity contribution in [3.63, 3.8) is 0 Å². The fraction of sp³-hybridized carbons (Fsp3) is 0.538. The van der Waals surface area contributed by atoms with Crippen LogP contribution in [0.15, 0.2) is 10.9 Å². The molecule has 0 aliphatic heterocycles. The normalized spacial score (nSPS) is 10.6. The van der Waals surface area contributed by atoms with Crippen molar-refractivity contribution in [3.8, 4) is 6.07 Å². The van der Waals surface area contributed by atoms with E-state index in [1.165, 1.54) is 15.9 Å². The van der Waals surface area contributed by atoms with Gasteiger partial charge in [-0.25, -0.2) is 4.98 Å². The lowest BCUT2D eigenvalue weighted by atomic mass is 10.2. The Hall–Kier alpha value is -1.94. The SMILES string of the molecule is CCCc1cc(=O)n2nc(NCCCCC#N)sc2n1. The minimum absolute atomic E-state index is 0.132. The van der Waals surface area contributed by atoms with Crippen LogP contribution < -0.4 is 10.9 Å². The van der Waals surface area contributed by atoms with Gasteiger partial charge in [0, 0.05) is 24.7 Å². The molecule has 0 bridgehead atoms. The van der Waals surface area contributed by atoms with E-state index in [0.29, 0.717) is 16.5 Å². The van der Waals surface area contributed by atoms with Gasteiger partial charge in [-0.3, -0.25) is 4.79 Å². The Morgan fingerprint density at radius 2 is 2.35 bits per heavy atom. The third kappa shape index (κ3) is 3.54. The Kier molecular flexibility index (Phi) is 5.07. The second kappa shape index (κ2) is 7.01. The number of hydrogen-bond acceptors (Lipinski definition) is 6. The van der Waals surface area contributed by atoms with E-state index >= 15 is 0 Å². The number of nitriles is 1. The lowest BCUT2D eigenvalue weighted by Gasteiger charge is -1.98. The molecule has 2 aromatic heterocycles. The van der Waals surface area contributed by atoms with Crippen molar-refractivity contribution in [2.45, 2.75) is 39.0 Å². The number of aromatic nitrogens is 3. The Morgan fingerprint density at radius 3 is 3.10 bits per heavy atom. The van der Waals surface area contributed by atoms with Gasteiger partial charge >= 0.3 is 0 Å². The van der Waals surface area contributed by atoms with Crippen LogP contribution in [0, 0.1) is 11.3 Å². The molecule has 1 N–H and O–H groups in total. The lowest BCUT2D eigenvalue weighted by Crippen LogP contribution is -2.15. The Balaban J connectivity index is 2.07. The van der Waals surface area contributed by atoms with Gasteiger partial charge in [0.05, 0.1) is 6.07 Å². The fourth-order valence-corrected chi connectivity index (χ4v) is 2.69. The molecule has 6 nitrogen and oxygen atoms in total. The number of hydrogen-bond donors (Lipinski definition) is 1. The van der Waals surface area contributed by atoms with E-state index in [1.54, 1.807) is 6.07 Å². The minimum atomic E-state index is -0.132. The molecule has 0 spiro atoms. The van der Waals surface area contributed by atoms with Crippen molar-refractivity contribution in [3.05, 3.63) is 22.1 Å². The number of anilines is 1. The summed E-state index contributed by atoms with van der Waals surface area (Å²) < 4.78 is 1.33. The van der Waals surface area contributed by atoms with Crippen molar-refractivity contribution >= 4 is 21.4 Å². The molecule has 0 atom stereocenters. The van der Waals surface area contributed by atoms with Crippen LogP contribution in [0.3, 0.4) is 0 Å². The van der Waals surface area contributed by atoms with Crippen LogP contribution in [0.2, 0.25) is 0 Å². The standard InChI is InChI=1S/C13H17N5OS/c1-2-6-10-9-11(19)18-13(16-10)20-12(17-18)15-8-5-3-4-7-14/h9H,2-6,8H2,1H3,(H,15,17). The molecule has 20 heavy (non-hydrogen) atoms. The third-order valence-electron chi connectivity index (χ3n) is 2.80. The molecule has 0 saturated carbocycles. The van der Waals surface area contributed by atoms with Crippen molar-refractivity contribution in [1.29, 1.82) is 5.26 Å². The quantitative estimate of drug-likeness (QED) is 0.791. The van der Waals surface area contributed by atoms with Crippen molar-refractivity contribution in [2.75, 3.05) is 11.9 Å². The molecule has 0 radical (unpaired) electrons. The van der Waals surface area contributed by atoms with Crippen LogP contribution in [-0.2, 0) is 6.42 Å². The molecule has 2 aromatic rings.